The summed E-state index contributed by atoms with van der Waals surface area (Å²) in [6, 6.07) is 9.13. The molecule has 0 radical (unpaired) electrons. The Hall–Kier alpha value is -1.35. The van der Waals surface area contributed by atoms with Gasteiger partial charge in [0.2, 0.25) is 5.91 Å². The standard InChI is InChI=1S/C15H22N2O/c1-11-3-5-12(6-4-11)15(13-7-8-13)17-10-9-14(18)16-2/h3-6,13,15,17H,7-10H2,1-2H3,(H,16,18). The average Bonchev–Trinajstić information content (AvgIpc) is 3.20. The maximum absolute atomic E-state index is 11.2. The third kappa shape index (κ3) is 3.57. The van der Waals surface area contributed by atoms with Gasteiger partial charge in [0, 0.05) is 26.1 Å². The molecule has 1 saturated carbocycles. The summed E-state index contributed by atoms with van der Waals surface area (Å²) in [4.78, 5) is 11.2. The van der Waals surface area contributed by atoms with Gasteiger partial charge in [0.1, 0.15) is 0 Å². The Bertz CT molecular complexity index is 395. The maximum atomic E-state index is 11.2. The minimum absolute atomic E-state index is 0.0981. The summed E-state index contributed by atoms with van der Waals surface area (Å²) in [6.07, 6.45) is 3.14. The van der Waals surface area contributed by atoms with Gasteiger partial charge in [-0.3, -0.25) is 4.79 Å². The number of carbonyl (C=O) groups is 1. The first-order chi connectivity index (χ1) is 8.70. The Morgan fingerprint density at radius 3 is 2.56 bits per heavy atom. The average molecular weight is 246 g/mol. The summed E-state index contributed by atoms with van der Waals surface area (Å²) in [5.74, 6) is 0.846. The Kier molecular flexibility index (Phi) is 4.37. The summed E-state index contributed by atoms with van der Waals surface area (Å²) in [7, 11) is 1.68. The molecule has 0 aliphatic heterocycles. The summed E-state index contributed by atoms with van der Waals surface area (Å²) >= 11 is 0. The van der Waals surface area contributed by atoms with Gasteiger partial charge in [-0.1, -0.05) is 29.8 Å². The lowest BCUT2D eigenvalue weighted by Gasteiger charge is -2.18. The van der Waals surface area contributed by atoms with Gasteiger partial charge in [-0.25, -0.2) is 0 Å². The van der Waals surface area contributed by atoms with Crippen LogP contribution in [0.3, 0.4) is 0 Å². The Balaban J connectivity index is 1.92. The number of carbonyl (C=O) groups excluding carboxylic acids is 1. The lowest BCUT2D eigenvalue weighted by atomic mass is 10.0. The zero-order chi connectivity index (χ0) is 13.0. The molecule has 3 heteroatoms. The van der Waals surface area contributed by atoms with E-state index in [9.17, 15) is 4.79 Å². The van der Waals surface area contributed by atoms with Gasteiger partial charge in [-0.2, -0.15) is 0 Å². The topological polar surface area (TPSA) is 41.1 Å². The highest BCUT2D eigenvalue weighted by molar-refractivity contribution is 5.75. The number of hydrogen-bond acceptors (Lipinski definition) is 2. The highest BCUT2D eigenvalue weighted by atomic mass is 16.1. The van der Waals surface area contributed by atoms with Crippen molar-refractivity contribution in [1.29, 1.82) is 0 Å². The molecule has 1 aromatic rings. The van der Waals surface area contributed by atoms with Crippen molar-refractivity contribution in [3.05, 3.63) is 35.4 Å². The summed E-state index contributed by atoms with van der Waals surface area (Å²) in [5, 5.41) is 6.17. The number of hydrogen-bond donors (Lipinski definition) is 2. The van der Waals surface area contributed by atoms with Gasteiger partial charge in [0.05, 0.1) is 0 Å². The lowest BCUT2D eigenvalue weighted by molar-refractivity contribution is -0.120. The second-order valence-corrected chi connectivity index (χ2v) is 5.10. The van der Waals surface area contributed by atoms with E-state index in [4.69, 9.17) is 0 Å². The molecule has 0 spiro atoms. The molecule has 1 aliphatic carbocycles. The van der Waals surface area contributed by atoms with Crippen molar-refractivity contribution < 1.29 is 4.79 Å². The smallest absolute Gasteiger partial charge is 0.221 e. The molecule has 1 atom stereocenters. The molecular formula is C15H22N2O. The first kappa shape index (κ1) is 13.1. The van der Waals surface area contributed by atoms with E-state index in [1.54, 1.807) is 7.05 Å². The van der Waals surface area contributed by atoms with Crippen LogP contribution in [0.1, 0.15) is 36.4 Å². The monoisotopic (exact) mass is 246 g/mol. The molecule has 0 bridgehead atoms. The van der Waals surface area contributed by atoms with Crippen LogP contribution in [0.25, 0.3) is 0 Å². The van der Waals surface area contributed by atoms with E-state index in [0.29, 0.717) is 12.5 Å². The van der Waals surface area contributed by atoms with Gasteiger partial charge in [0.25, 0.3) is 0 Å². The summed E-state index contributed by atoms with van der Waals surface area (Å²) in [6.45, 7) is 2.85. The number of benzene rings is 1. The third-order valence-corrected chi connectivity index (χ3v) is 3.53. The first-order valence-electron chi connectivity index (χ1n) is 6.71. The van der Waals surface area contributed by atoms with Crippen LogP contribution in [0, 0.1) is 12.8 Å². The van der Waals surface area contributed by atoms with Gasteiger partial charge >= 0.3 is 0 Å². The van der Waals surface area contributed by atoms with E-state index in [0.717, 1.165) is 12.5 Å². The van der Waals surface area contributed by atoms with Crippen LogP contribution in [0.5, 0.6) is 0 Å². The predicted octanol–water partition coefficient (Wildman–Crippen LogP) is 2.17. The number of nitrogens with one attached hydrogen (secondary N) is 2. The molecule has 1 aliphatic rings. The van der Waals surface area contributed by atoms with E-state index >= 15 is 0 Å². The van der Waals surface area contributed by atoms with Gasteiger partial charge in [-0.15, -0.1) is 0 Å². The van der Waals surface area contributed by atoms with Gasteiger partial charge < -0.3 is 10.6 Å². The van der Waals surface area contributed by atoms with E-state index in [1.165, 1.54) is 24.0 Å². The molecule has 2 rings (SSSR count). The van der Waals surface area contributed by atoms with Gasteiger partial charge in [0.15, 0.2) is 0 Å². The van der Waals surface area contributed by atoms with Crippen LogP contribution in [0.2, 0.25) is 0 Å². The van der Waals surface area contributed by atoms with Crippen molar-refractivity contribution >= 4 is 5.91 Å². The maximum Gasteiger partial charge on any atom is 0.221 e. The molecule has 1 unspecified atom stereocenters. The zero-order valence-electron chi connectivity index (χ0n) is 11.2. The van der Waals surface area contributed by atoms with Crippen molar-refractivity contribution in [3.8, 4) is 0 Å². The predicted molar refractivity (Wildman–Crippen MR) is 73.3 cm³/mol. The second kappa shape index (κ2) is 6.01. The highest BCUT2D eigenvalue weighted by Gasteiger charge is 2.31. The molecule has 98 valence electrons. The van der Waals surface area contributed by atoms with E-state index in [1.807, 2.05) is 0 Å². The molecule has 1 amide bonds. The van der Waals surface area contributed by atoms with Crippen LogP contribution >= 0.6 is 0 Å². The van der Waals surface area contributed by atoms with Crippen molar-refractivity contribution in [1.82, 2.24) is 10.6 Å². The SMILES string of the molecule is CNC(=O)CCNC(c1ccc(C)cc1)C1CC1. The molecule has 1 aromatic carbocycles. The minimum atomic E-state index is 0.0981. The van der Waals surface area contributed by atoms with Crippen molar-refractivity contribution in [2.24, 2.45) is 5.92 Å². The van der Waals surface area contributed by atoms with Crippen LogP contribution in [0.15, 0.2) is 24.3 Å². The Morgan fingerprint density at radius 1 is 1.33 bits per heavy atom. The normalized spacial score (nSPS) is 16.3. The first-order valence-corrected chi connectivity index (χ1v) is 6.71. The zero-order valence-corrected chi connectivity index (χ0v) is 11.2. The van der Waals surface area contributed by atoms with Crippen molar-refractivity contribution in [2.75, 3.05) is 13.6 Å². The van der Waals surface area contributed by atoms with Crippen LogP contribution in [-0.2, 0) is 4.79 Å². The molecular weight excluding hydrogens is 224 g/mol. The fourth-order valence-corrected chi connectivity index (χ4v) is 2.23. The van der Waals surface area contributed by atoms with Crippen molar-refractivity contribution in [3.63, 3.8) is 0 Å². The molecule has 0 saturated heterocycles. The molecule has 1 fully saturated rings. The Morgan fingerprint density at radius 2 is 2.00 bits per heavy atom. The second-order valence-electron chi connectivity index (χ2n) is 5.10. The Labute approximate surface area is 109 Å². The molecule has 0 heterocycles. The summed E-state index contributed by atoms with van der Waals surface area (Å²) < 4.78 is 0. The number of aryl methyl sites for hydroxylation is 1. The third-order valence-electron chi connectivity index (χ3n) is 3.53. The minimum Gasteiger partial charge on any atom is -0.359 e. The summed E-state index contributed by atoms with van der Waals surface area (Å²) in [5.41, 5.74) is 2.64. The fraction of sp³-hybridized carbons (Fsp3) is 0.533. The fourth-order valence-electron chi connectivity index (χ4n) is 2.23. The van der Waals surface area contributed by atoms with Crippen LogP contribution < -0.4 is 10.6 Å². The lowest BCUT2D eigenvalue weighted by Crippen LogP contribution is -2.28. The van der Waals surface area contributed by atoms with Crippen molar-refractivity contribution in [2.45, 2.75) is 32.2 Å². The van der Waals surface area contributed by atoms with E-state index in [-0.39, 0.29) is 5.91 Å². The molecule has 3 nitrogen and oxygen atoms in total. The quantitative estimate of drug-likeness (QED) is 0.807. The molecule has 2 N–H and O–H groups in total. The highest BCUT2D eigenvalue weighted by Crippen LogP contribution is 2.40. The van der Waals surface area contributed by atoms with Crippen LogP contribution in [-0.4, -0.2) is 19.5 Å². The van der Waals surface area contributed by atoms with E-state index < -0.39 is 0 Å². The molecule has 18 heavy (non-hydrogen) atoms. The van der Waals surface area contributed by atoms with Gasteiger partial charge in [-0.05, 0) is 31.2 Å². The largest absolute Gasteiger partial charge is 0.359 e. The van der Waals surface area contributed by atoms with Crippen LogP contribution in [0.4, 0.5) is 0 Å². The molecule has 0 aromatic heterocycles. The number of amides is 1. The number of rotatable bonds is 6. The van der Waals surface area contributed by atoms with E-state index in [2.05, 4.69) is 41.8 Å².